The maximum Gasteiger partial charge on any atom is 0.240 e. The predicted octanol–water partition coefficient (Wildman–Crippen LogP) is 0.909. The summed E-state index contributed by atoms with van der Waals surface area (Å²) in [4.78, 5) is 27.4. The molecular formula is C20H26N2O4. The highest BCUT2D eigenvalue weighted by molar-refractivity contribution is 5.89. The van der Waals surface area contributed by atoms with Crippen LogP contribution >= 0.6 is 0 Å². The summed E-state index contributed by atoms with van der Waals surface area (Å²) in [7, 11) is 3.43. The third-order valence-electron chi connectivity index (χ3n) is 6.57. The van der Waals surface area contributed by atoms with E-state index in [0.717, 1.165) is 17.7 Å². The Bertz CT molecular complexity index is 719. The number of amides is 1. The van der Waals surface area contributed by atoms with E-state index >= 15 is 0 Å². The van der Waals surface area contributed by atoms with Gasteiger partial charge in [0.05, 0.1) is 25.3 Å². The van der Waals surface area contributed by atoms with E-state index in [0.29, 0.717) is 25.7 Å². The lowest BCUT2D eigenvalue weighted by molar-refractivity contribution is -0.162. The van der Waals surface area contributed by atoms with Gasteiger partial charge in [-0.15, -0.1) is 0 Å². The van der Waals surface area contributed by atoms with Gasteiger partial charge in [-0.1, -0.05) is 12.1 Å². The maximum absolute atomic E-state index is 13.0. The van der Waals surface area contributed by atoms with Crippen molar-refractivity contribution in [2.45, 2.75) is 55.8 Å². The van der Waals surface area contributed by atoms with Crippen LogP contribution in [-0.2, 0) is 16.0 Å². The van der Waals surface area contributed by atoms with Gasteiger partial charge in [-0.25, -0.2) is 0 Å². The van der Waals surface area contributed by atoms with Crippen molar-refractivity contribution in [2.75, 3.05) is 14.2 Å². The largest absolute Gasteiger partial charge is 0.497 e. The summed E-state index contributed by atoms with van der Waals surface area (Å²) in [6, 6.07) is 7.09. The molecule has 2 aliphatic heterocycles. The summed E-state index contributed by atoms with van der Waals surface area (Å²) in [6.07, 6.45) is 2.21. The zero-order valence-corrected chi connectivity index (χ0v) is 15.3. The molecule has 1 spiro atoms. The lowest BCUT2D eigenvalue weighted by Gasteiger charge is -2.54. The van der Waals surface area contributed by atoms with E-state index in [-0.39, 0.29) is 35.2 Å². The normalized spacial score (nSPS) is 36.2. The number of carbonyl (C=O) groups is 2. The molecule has 1 aliphatic carbocycles. The van der Waals surface area contributed by atoms with Gasteiger partial charge in [0.2, 0.25) is 5.91 Å². The number of hydrogen-bond donors (Lipinski definition) is 2. The molecule has 1 saturated carbocycles. The Morgan fingerprint density at radius 3 is 2.65 bits per heavy atom. The Balaban J connectivity index is 1.68. The molecule has 6 nitrogen and oxygen atoms in total. The summed E-state index contributed by atoms with van der Waals surface area (Å²) in [5.74, 6) is 0.612. The number of nitrogens with zero attached hydrogens (tertiary/aromatic N) is 1. The molecule has 1 aromatic rings. The van der Waals surface area contributed by atoms with Crippen LogP contribution in [0.2, 0.25) is 0 Å². The summed E-state index contributed by atoms with van der Waals surface area (Å²) in [6.45, 7) is 0. The second-order valence-corrected chi connectivity index (χ2v) is 7.87. The van der Waals surface area contributed by atoms with E-state index in [4.69, 9.17) is 4.74 Å². The molecule has 0 radical (unpaired) electrons. The summed E-state index contributed by atoms with van der Waals surface area (Å²) in [5, 5.41) is 14.1. The molecule has 0 aromatic heterocycles. The second kappa shape index (κ2) is 6.35. The fourth-order valence-corrected chi connectivity index (χ4v) is 5.23. The molecule has 2 heterocycles. The van der Waals surface area contributed by atoms with Gasteiger partial charge in [-0.05, 0) is 50.4 Å². The molecule has 2 N–H and O–H groups in total. The van der Waals surface area contributed by atoms with E-state index in [9.17, 15) is 14.7 Å². The van der Waals surface area contributed by atoms with Gasteiger partial charge in [-0.2, -0.15) is 0 Å². The molecule has 0 unspecified atom stereocenters. The Labute approximate surface area is 153 Å². The van der Waals surface area contributed by atoms with Crippen molar-refractivity contribution in [2.24, 2.45) is 5.92 Å². The highest BCUT2D eigenvalue weighted by atomic mass is 16.5. The van der Waals surface area contributed by atoms with Gasteiger partial charge >= 0.3 is 0 Å². The third-order valence-corrected chi connectivity index (χ3v) is 6.57. The van der Waals surface area contributed by atoms with Crippen LogP contribution < -0.4 is 10.1 Å². The van der Waals surface area contributed by atoms with Gasteiger partial charge in [0.15, 0.2) is 0 Å². The number of carbonyl (C=O) groups excluding carboxylic acids is 2. The van der Waals surface area contributed by atoms with Crippen LogP contribution in [0.1, 0.15) is 31.2 Å². The second-order valence-electron chi connectivity index (χ2n) is 7.87. The number of ketones is 1. The van der Waals surface area contributed by atoms with Crippen molar-refractivity contribution in [3.63, 3.8) is 0 Å². The minimum absolute atomic E-state index is 0.0536. The van der Waals surface area contributed by atoms with Crippen molar-refractivity contribution in [3.8, 4) is 5.75 Å². The van der Waals surface area contributed by atoms with Gasteiger partial charge in [0, 0.05) is 17.9 Å². The molecule has 1 aromatic carbocycles. The molecular weight excluding hydrogens is 332 g/mol. The third kappa shape index (κ3) is 2.55. The van der Waals surface area contributed by atoms with Crippen LogP contribution in [0, 0.1) is 5.92 Å². The van der Waals surface area contributed by atoms with E-state index in [1.165, 1.54) is 0 Å². The monoisotopic (exact) mass is 358 g/mol. The molecule has 2 bridgehead atoms. The first-order valence-corrected chi connectivity index (χ1v) is 9.33. The molecule has 3 fully saturated rings. The molecule has 6 heteroatoms. The number of benzene rings is 1. The van der Waals surface area contributed by atoms with E-state index in [1.807, 2.05) is 29.2 Å². The Kier molecular flexibility index (Phi) is 4.28. The first-order chi connectivity index (χ1) is 12.5. The standard InChI is InChI=1S/C20H26N2O4/c1-21-15-11-20-8-7-17(23)14(10-20)18(24)16(22(20)19(15)25)9-12-3-5-13(26-2)6-4-12/h3-6,14-16,18,21,24H,7-11H2,1-2H3/t14-,15-,16-,18+,20-/m0/s1. The fraction of sp³-hybridized carbons (Fsp3) is 0.600. The summed E-state index contributed by atoms with van der Waals surface area (Å²) >= 11 is 0. The van der Waals surface area contributed by atoms with E-state index in [1.54, 1.807) is 14.2 Å². The highest BCUT2D eigenvalue weighted by Crippen LogP contribution is 2.50. The zero-order chi connectivity index (χ0) is 18.5. The number of aliphatic hydroxyl groups excluding tert-OH is 1. The van der Waals surface area contributed by atoms with Gasteiger partial charge in [0.1, 0.15) is 11.5 Å². The number of nitrogens with one attached hydrogen (secondary N) is 1. The van der Waals surface area contributed by atoms with Crippen LogP contribution in [0.4, 0.5) is 0 Å². The Morgan fingerprint density at radius 1 is 1.27 bits per heavy atom. The lowest BCUT2D eigenvalue weighted by Crippen LogP contribution is -2.66. The number of piperidine rings is 1. The quantitative estimate of drug-likeness (QED) is 0.836. The average molecular weight is 358 g/mol. The van der Waals surface area contributed by atoms with Gasteiger partial charge in [-0.3, -0.25) is 9.59 Å². The van der Waals surface area contributed by atoms with E-state index < -0.39 is 6.10 Å². The summed E-state index contributed by atoms with van der Waals surface area (Å²) in [5.41, 5.74) is 0.734. The number of rotatable bonds is 4. The first-order valence-electron chi connectivity index (χ1n) is 9.33. The van der Waals surface area contributed by atoms with Crippen LogP contribution in [0.25, 0.3) is 0 Å². The van der Waals surface area contributed by atoms with Crippen molar-refractivity contribution in [1.29, 1.82) is 0 Å². The summed E-state index contributed by atoms with van der Waals surface area (Å²) < 4.78 is 5.20. The Hall–Kier alpha value is -1.92. The number of fused-ring (bicyclic) bond motifs is 1. The number of methoxy groups -OCH3 is 1. The van der Waals surface area contributed by atoms with Crippen LogP contribution in [0.5, 0.6) is 5.75 Å². The number of likely N-dealkylation sites (N-methyl/N-ethyl adjacent to an activating group) is 1. The van der Waals surface area contributed by atoms with Crippen LogP contribution in [0.15, 0.2) is 24.3 Å². The van der Waals surface area contributed by atoms with Gasteiger partial charge in [0.25, 0.3) is 0 Å². The molecule has 2 saturated heterocycles. The predicted molar refractivity (Wildman–Crippen MR) is 95.9 cm³/mol. The molecule has 26 heavy (non-hydrogen) atoms. The van der Waals surface area contributed by atoms with Crippen molar-refractivity contribution in [1.82, 2.24) is 10.2 Å². The van der Waals surface area contributed by atoms with Crippen LogP contribution in [0.3, 0.4) is 0 Å². The number of aliphatic hydroxyl groups is 1. The van der Waals surface area contributed by atoms with E-state index in [2.05, 4.69) is 5.32 Å². The number of ether oxygens (including phenoxy) is 1. The zero-order valence-electron chi connectivity index (χ0n) is 15.3. The molecule has 4 rings (SSSR count). The van der Waals surface area contributed by atoms with Crippen molar-refractivity contribution < 1.29 is 19.4 Å². The smallest absolute Gasteiger partial charge is 0.240 e. The van der Waals surface area contributed by atoms with Crippen molar-refractivity contribution >= 4 is 11.7 Å². The average Bonchev–Trinajstić information content (AvgIpc) is 2.93. The topological polar surface area (TPSA) is 78.9 Å². The SMILES string of the molecule is CN[C@H]1C[C@]23CCC(=O)[C@H](C2)[C@@H](O)[C@H](Cc2ccc(OC)cc2)N3C1=O. The minimum atomic E-state index is -0.808. The van der Waals surface area contributed by atoms with Crippen molar-refractivity contribution in [3.05, 3.63) is 29.8 Å². The maximum atomic E-state index is 13.0. The lowest BCUT2D eigenvalue weighted by atomic mass is 9.66. The fourth-order valence-electron chi connectivity index (χ4n) is 5.23. The molecule has 1 amide bonds. The molecule has 5 atom stereocenters. The number of Topliss-reactive ketones (excluding diaryl/α,β-unsaturated/α-hetero) is 1. The first kappa shape index (κ1) is 17.5. The Morgan fingerprint density at radius 2 is 2.00 bits per heavy atom. The molecule has 140 valence electrons. The highest BCUT2D eigenvalue weighted by Gasteiger charge is 2.61. The number of hydrogen-bond acceptors (Lipinski definition) is 5. The molecule has 3 aliphatic rings. The van der Waals surface area contributed by atoms with Crippen LogP contribution in [-0.4, -0.2) is 59.6 Å². The van der Waals surface area contributed by atoms with Gasteiger partial charge < -0.3 is 20.1 Å². The minimum Gasteiger partial charge on any atom is -0.497 e.